The highest BCUT2D eigenvalue weighted by atomic mass is 16.7. The van der Waals surface area contributed by atoms with Crippen molar-refractivity contribution in [3.63, 3.8) is 0 Å². The number of morpholine rings is 1. The van der Waals surface area contributed by atoms with E-state index in [1.807, 2.05) is 0 Å². The van der Waals surface area contributed by atoms with E-state index in [9.17, 15) is 9.90 Å². The molecule has 264 valence electrons. The first-order valence-corrected chi connectivity index (χ1v) is 18.9. The Labute approximate surface area is 282 Å². The van der Waals surface area contributed by atoms with Crippen molar-refractivity contribution in [2.75, 3.05) is 26.3 Å². The van der Waals surface area contributed by atoms with E-state index >= 15 is 0 Å². The van der Waals surface area contributed by atoms with E-state index in [-0.39, 0.29) is 52.9 Å². The third-order valence-electron chi connectivity index (χ3n) is 16.2. The van der Waals surface area contributed by atoms with Gasteiger partial charge in [-0.15, -0.1) is 0 Å². The highest BCUT2D eigenvalue weighted by Crippen LogP contribution is 2.89. The summed E-state index contributed by atoms with van der Waals surface area (Å²) in [5.74, 6) is 1.55. The summed E-state index contributed by atoms with van der Waals surface area (Å²) in [6.45, 7) is 22.1. The lowest BCUT2D eigenvalue weighted by atomic mass is 9.42. The molecule has 13 unspecified atom stereocenters. The fourth-order valence-electron chi connectivity index (χ4n) is 13.8. The Bertz CT molecular complexity index is 1290. The molecule has 8 fully saturated rings. The second kappa shape index (κ2) is 10.7. The van der Waals surface area contributed by atoms with E-state index in [1.165, 1.54) is 45.4 Å². The first-order valence-electron chi connectivity index (χ1n) is 18.9. The van der Waals surface area contributed by atoms with Gasteiger partial charge in [-0.2, -0.15) is 0 Å². The molecule has 5 aliphatic carbocycles. The molecular formula is C39H61NO7. The summed E-state index contributed by atoms with van der Waals surface area (Å²) >= 11 is 0. The zero-order chi connectivity index (χ0) is 33.4. The van der Waals surface area contributed by atoms with E-state index in [2.05, 4.69) is 39.2 Å². The molecule has 2 spiro atoms. The van der Waals surface area contributed by atoms with Gasteiger partial charge in [0.15, 0.2) is 12.4 Å². The molecular weight excluding hydrogens is 594 g/mol. The molecule has 0 aromatic carbocycles. The molecule has 8 nitrogen and oxygen atoms in total. The van der Waals surface area contributed by atoms with Crippen LogP contribution in [0, 0.1) is 44.8 Å². The highest BCUT2D eigenvalue weighted by molar-refractivity contribution is 5.66. The Balaban J connectivity index is 0.998. The number of rotatable bonds is 5. The van der Waals surface area contributed by atoms with Crippen molar-refractivity contribution in [1.82, 2.24) is 4.90 Å². The number of carbonyl (C=O) groups is 1. The average Bonchev–Trinajstić information content (AvgIpc) is 3.64. The topological polar surface area (TPSA) is 86.7 Å². The van der Waals surface area contributed by atoms with Gasteiger partial charge in [-0.1, -0.05) is 34.3 Å². The monoisotopic (exact) mass is 655 g/mol. The Hall–Kier alpha value is -1.19. The van der Waals surface area contributed by atoms with Crippen molar-refractivity contribution < 1.29 is 33.6 Å². The Morgan fingerprint density at radius 1 is 0.979 bits per heavy atom. The van der Waals surface area contributed by atoms with Crippen molar-refractivity contribution >= 4 is 5.97 Å². The van der Waals surface area contributed by atoms with Gasteiger partial charge in [0.1, 0.15) is 0 Å². The molecule has 8 rings (SSSR count). The summed E-state index contributed by atoms with van der Waals surface area (Å²) in [5, 5.41) is 11.0. The smallest absolute Gasteiger partial charge is 0.303 e. The molecule has 13 atom stereocenters. The third kappa shape index (κ3) is 4.66. The number of hydrogen-bond acceptors (Lipinski definition) is 8. The van der Waals surface area contributed by atoms with Crippen molar-refractivity contribution in [2.45, 2.75) is 155 Å². The summed E-state index contributed by atoms with van der Waals surface area (Å²) < 4.78 is 31.8. The van der Waals surface area contributed by atoms with Crippen molar-refractivity contribution in [1.29, 1.82) is 0 Å². The Kier molecular flexibility index (Phi) is 7.48. The number of carbonyl (C=O) groups excluding carboxylic acids is 1. The molecule has 3 aliphatic heterocycles. The molecule has 5 saturated carbocycles. The molecule has 8 aliphatic rings. The molecule has 0 amide bonds. The first kappa shape index (κ1) is 33.0. The summed E-state index contributed by atoms with van der Waals surface area (Å²) in [6, 6.07) is 0. The van der Waals surface area contributed by atoms with E-state index in [0.29, 0.717) is 41.8 Å². The van der Waals surface area contributed by atoms with Crippen LogP contribution in [-0.4, -0.2) is 84.7 Å². The van der Waals surface area contributed by atoms with Gasteiger partial charge < -0.3 is 33.7 Å². The van der Waals surface area contributed by atoms with Gasteiger partial charge in [0.25, 0.3) is 0 Å². The maximum absolute atomic E-state index is 12.0. The lowest BCUT2D eigenvalue weighted by Gasteiger charge is -2.63. The average molecular weight is 656 g/mol. The van der Waals surface area contributed by atoms with Gasteiger partial charge in [0.2, 0.25) is 0 Å². The van der Waals surface area contributed by atoms with Crippen LogP contribution in [0.25, 0.3) is 0 Å². The van der Waals surface area contributed by atoms with Crippen molar-refractivity contribution in [2.24, 2.45) is 44.8 Å². The SMILES string of the molecule is C=C1COC2COC(OC3CCC45CC46CCC4(C)C7CCC(C(OC(C)=O)C(C)(C)O)OC7CC4(C)C6CCC5C3(C)C)CN1C2. The fourth-order valence-corrected chi connectivity index (χ4v) is 13.8. The predicted octanol–water partition coefficient (Wildman–Crippen LogP) is 6.24. The van der Waals surface area contributed by atoms with Gasteiger partial charge in [0.05, 0.1) is 49.8 Å². The minimum Gasteiger partial charge on any atom is -0.457 e. The van der Waals surface area contributed by atoms with Crippen LogP contribution in [0.15, 0.2) is 12.3 Å². The van der Waals surface area contributed by atoms with Crippen LogP contribution in [-0.2, 0) is 28.5 Å². The minimum atomic E-state index is -1.15. The van der Waals surface area contributed by atoms with E-state index in [4.69, 9.17) is 23.7 Å². The first-order chi connectivity index (χ1) is 22.0. The van der Waals surface area contributed by atoms with Crippen LogP contribution in [0.5, 0.6) is 0 Å². The molecule has 8 heteroatoms. The number of hydrogen-bond donors (Lipinski definition) is 1. The predicted molar refractivity (Wildman–Crippen MR) is 177 cm³/mol. The van der Waals surface area contributed by atoms with E-state index < -0.39 is 11.7 Å². The molecule has 0 aromatic rings. The summed E-state index contributed by atoms with van der Waals surface area (Å²) in [5.41, 5.74) is 1.30. The number of esters is 1. The Morgan fingerprint density at radius 2 is 1.72 bits per heavy atom. The number of aliphatic hydroxyl groups is 1. The molecule has 3 saturated heterocycles. The molecule has 0 radical (unpaired) electrons. The van der Waals surface area contributed by atoms with Crippen molar-refractivity contribution in [3.8, 4) is 0 Å². The van der Waals surface area contributed by atoms with Gasteiger partial charge in [-0.25, -0.2) is 0 Å². The normalized spacial score (nSPS) is 50.6. The van der Waals surface area contributed by atoms with Crippen LogP contribution in [0.4, 0.5) is 0 Å². The van der Waals surface area contributed by atoms with Crippen LogP contribution < -0.4 is 0 Å². The van der Waals surface area contributed by atoms with Crippen LogP contribution in [0.1, 0.15) is 113 Å². The maximum Gasteiger partial charge on any atom is 0.303 e. The van der Waals surface area contributed by atoms with Gasteiger partial charge in [0, 0.05) is 19.2 Å². The molecule has 47 heavy (non-hydrogen) atoms. The second-order valence-corrected chi connectivity index (χ2v) is 18.9. The standard InChI is InChI=1S/C39H61NO7/c1-23-20-43-25-18-40(23)19-32(44-21-25)47-31-13-14-38-22-39(38)16-15-36(7)26-9-10-27(33(35(5,6)42)45-24(2)41)46-28(26)17-37(36,8)30(39)12-11-29(38)34(31,3)4/h25-33,42H,1,9-22H2,2-8H3. The Morgan fingerprint density at radius 3 is 2.47 bits per heavy atom. The van der Waals surface area contributed by atoms with Crippen LogP contribution in [0.3, 0.4) is 0 Å². The molecule has 0 aromatic heterocycles. The summed E-state index contributed by atoms with van der Waals surface area (Å²) in [6.07, 6.45) is 11.2. The molecule has 1 N–H and O–H groups in total. The van der Waals surface area contributed by atoms with E-state index in [0.717, 1.165) is 44.5 Å². The van der Waals surface area contributed by atoms with Crippen molar-refractivity contribution in [3.05, 3.63) is 12.3 Å². The summed E-state index contributed by atoms with van der Waals surface area (Å²) in [7, 11) is 0. The molecule has 2 bridgehead atoms. The quantitative estimate of drug-likeness (QED) is 0.349. The second-order valence-electron chi connectivity index (χ2n) is 18.9. The highest BCUT2D eigenvalue weighted by Gasteiger charge is 2.83. The number of ether oxygens (including phenoxy) is 5. The number of nitrogens with zero attached hydrogens (tertiary/aromatic N) is 1. The van der Waals surface area contributed by atoms with Gasteiger partial charge in [-0.3, -0.25) is 4.79 Å². The zero-order valence-electron chi connectivity index (χ0n) is 30.1. The van der Waals surface area contributed by atoms with Gasteiger partial charge in [-0.05, 0) is 123 Å². The lowest BCUT2D eigenvalue weighted by molar-refractivity contribution is -0.231. The lowest BCUT2D eigenvalue weighted by Crippen LogP contribution is -2.58. The maximum atomic E-state index is 12.0. The fraction of sp³-hybridized carbons (Fsp3) is 0.923. The number of fused-ring (bicyclic) bond motifs is 6. The zero-order valence-corrected chi connectivity index (χ0v) is 30.1. The summed E-state index contributed by atoms with van der Waals surface area (Å²) in [4.78, 5) is 14.3. The van der Waals surface area contributed by atoms with E-state index in [1.54, 1.807) is 13.8 Å². The largest absolute Gasteiger partial charge is 0.457 e. The minimum absolute atomic E-state index is 0.0881. The third-order valence-corrected chi connectivity index (χ3v) is 16.2. The van der Waals surface area contributed by atoms with Gasteiger partial charge >= 0.3 is 5.97 Å². The van der Waals surface area contributed by atoms with Crippen LogP contribution in [0.2, 0.25) is 0 Å². The van der Waals surface area contributed by atoms with Crippen LogP contribution >= 0.6 is 0 Å². The molecule has 3 heterocycles.